The minimum Gasteiger partial charge on any atom is -0.362 e. The Kier molecular flexibility index (Phi) is 16.4. The second kappa shape index (κ2) is 22.9. The lowest BCUT2D eigenvalue weighted by atomic mass is 10.1. The number of likely N-dealkylation sites (tertiary alicyclic amines) is 3. The van der Waals surface area contributed by atoms with E-state index in [2.05, 4.69) is 45.7 Å². The van der Waals surface area contributed by atoms with Crippen LogP contribution in [0.15, 0.2) is 127 Å². The summed E-state index contributed by atoms with van der Waals surface area (Å²) in [4.78, 5) is 40.8. The van der Waals surface area contributed by atoms with E-state index >= 15 is 0 Å². The predicted molar refractivity (Wildman–Crippen MR) is 283 cm³/mol. The molecule has 0 saturated carbocycles. The van der Waals surface area contributed by atoms with Crippen LogP contribution in [0, 0.1) is 17.9 Å². The summed E-state index contributed by atoms with van der Waals surface area (Å²) >= 11 is 14.2. The van der Waals surface area contributed by atoms with Gasteiger partial charge in [0, 0.05) is 152 Å². The lowest BCUT2D eigenvalue weighted by molar-refractivity contribution is -0.0495. The molecular formula is C53H46BrF6N11OS2. The monoisotopic (exact) mass is 1110 g/mol. The smallest absolute Gasteiger partial charge is 0.255 e. The number of amides is 1. The third-order valence-corrected chi connectivity index (χ3v) is 14.2. The van der Waals surface area contributed by atoms with Crippen LogP contribution in [0.25, 0.3) is 43.6 Å². The van der Waals surface area contributed by atoms with E-state index in [1.807, 2.05) is 87.4 Å². The molecule has 8 aromatic rings. The van der Waals surface area contributed by atoms with Crippen LogP contribution in [0.3, 0.4) is 0 Å². The SMILES string of the molecule is FC1(F)CCN(C(=S)c2cnc3[nH]ccc3c2)CC1.N#Cc1ccc(Br)cc1.O=C(c1cnc2[nH]ccc2c1)N1CCC(F)(F)CC1.[C-]#[N+]c1ccc(-n2ccc3cc(C(=S)N4CCC(F)(F)CC4)cnc32)cc1. The van der Waals surface area contributed by atoms with Crippen molar-refractivity contribution in [2.45, 2.75) is 56.3 Å². The summed E-state index contributed by atoms with van der Waals surface area (Å²) in [7, 11) is 0. The van der Waals surface area contributed by atoms with Crippen LogP contribution in [-0.4, -0.2) is 117 Å². The molecule has 3 saturated heterocycles. The average Bonchev–Trinajstić information content (AvgIpc) is 4.19. The number of hydrogen-bond donors (Lipinski definition) is 2. The van der Waals surface area contributed by atoms with E-state index in [0.29, 0.717) is 45.5 Å². The number of alkyl halides is 6. The Morgan fingerprint density at radius 2 is 1.07 bits per heavy atom. The number of nitrogens with zero attached hydrogens (tertiary/aromatic N) is 9. The van der Waals surface area contributed by atoms with Crippen LogP contribution in [-0.2, 0) is 0 Å². The number of piperidine rings is 3. The second-order valence-corrected chi connectivity index (χ2v) is 19.5. The minimum atomic E-state index is -2.64. The summed E-state index contributed by atoms with van der Waals surface area (Å²) in [6.07, 6.45) is 9.21. The second-order valence-electron chi connectivity index (χ2n) is 17.8. The van der Waals surface area contributed by atoms with Crippen LogP contribution >= 0.6 is 40.4 Å². The predicted octanol–water partition coefficient (Wildman–Crippen LogP) is 12.7. The first-order chi connectivity index (χ1) is 35.4. The zero-order valence-electron chi connectivity index (χ0n) is 39.4. The number of thiocarbonyl (C=S) groups is 2. The van der Waals surface area contributed by atoms with Gasteiger partial charge in [0.25, 0.3) is 23.7 Å². The van der Waals surface area contributed by atoms with Crippen molar-refractivity contribution in [3.8, 4) is 11.8 Å². The minimum absolute atomic E-state index is 0.0943. The molecule has 3 aliphatic rings. The Hall–Kier alpha value is -7.20. The largest absolute Gasteiger partial charge is 0.362 e. The number of benzene rings is 2. The zero-order chi connectivity index (χ0) is 52.6. The Morgan fingerprint density at radius 1 is 0.622 bits per heavy atom. The molecule has 1 amide bonds. The van der Waals surface area contributed by atoms with E-state index in [4.69, 9.17) is 36.3 Å². The molecule has 380 valence electrons. The van der Waals surface area contributed by atoms with Crippen molar-refractivity contribution in [1.29, 1.82) is 5.26 Å². The van der Waals surface area contributed by atoms with E-state index in [1.165, 1.54) is 11.1 Å². The number of aromatic nitrogens is 6. The third kappa shape index (κ3) is 13.3. The van der Waals surface area contributed by atoms with E-state index in [-0.39, 0.29) is 70.6 Å². The number of nitrogens with one attached hydrogen (secondary N) is 2. The summed E-state index contributed by atoms with van der Waals surface area (Å²) < 4.78 is 82.0. The number of H-pyrrole nitrogens is 2. The van der Waals surface area contributed by atoms with E-state index in [0.717, 1.165) is 48.7 Å². The number of nitriles is 1. The fourth-order valence-electron chi connectivity index (χ4n) is 8.33. The molecule has 11 rings (SSSR count). The number of fused-ring (bicyclic) bond motifs is 3. The zero-order valence-corrected chi connectivity index (χ0v) is 42.6. The molecule has 0 atom stereocenters. The Bertz CT molecular complexity index is 3250. The third-order valence-electron chi connectivity index (χ3n) is 12.6. The van der Waals surface area contributed by atoms with Crippen LogP contribution < -0.4 is 0 Å². The molecule has 0 unspecified atom stereocenters. The highest BCUT2D eigenvalue weighted by atomic mass is 79.9. The summed E-state index contributed by atoms with van der Waals surface area (Å²) in [6.45, 7) is 8.36. The number of rotatable bonds is 4. The lowest BCUT2D eigenvalue weighted by Crippen LogP contribution is -2.42. The van der Waals surface area contributed by atoms with Crippen LogP contribution in [0.2, 0.25) is 0 Å². The molecule has 12 nitrogen and oxygen atoms in total. The van der Waals surface area contributed by atoms with Gasteiger partial charge in [0.15, 0.2) is 5.69 Å². The van der Waals surface area contributed by atoms with Crippen molar-refractivity contribution in [2.24, 2.45) is 0 Å². The van der Waals surface area contributed by atoms with Gasteiger partial charge >= 0.3 is 0 Å². The number of halogens is 7. The Morgan fingerprint density at radius 3 is 1.55 bits per heavy atom. The molecule has 0 spiro atoms. The van der Waals surface area contributed by atoms with Gasteiger partial charge in [0.05, 0.1) is 23.8 Å². The highest BCUT2D eigenvalue weighted by Gasteiger charge is 2.37. The first kappa shape index (κ1) is 53.1. The molecule has 2 aromatic carbocycles. The van der Waals surface area contributed by atoms with Crippen molar-refractivity contribution in [3.05, 3.63) is 160 Å². The number of aromatic amines is 2. The first-order valence-electron chi connectivity index (χ1n) is 23.4. The van der Waals surface area contributed by atoms with Crippen LogP contribution in [0.4, 0.5) is 32.0 Å². The molecule has 3 aliphatic heterocycles. The molecule has 2 N–H and O–H groups in total. The molecule has 0 radical (unpaired) electrons. The number of carbonyl (C=O) groups excluding carboxylic acids is 1. The molecule has 0 bridgehead atoms. The summed E-state index contributed by atoms with van der Waals surface area (Å²) in [5.74, 6) is -8.01. The van der Waals surface area contributed by atoms with Crippen molar-refractivity contribution in [3.63, 3.8) is 0 Å². The van der Waals surface area contributed by atoms with Gasteiger partial charge < -0.3 is 29.2 Å². The maximum absolute atomic E-state index is 13.4. The summed E-state index contributed by atoms with van der Waals surface area (Å²) in [5, 5.41) is 11.1. The standard InChI is InChI=1S/C20H16F2N4S.C13H13F2N3O.C13H13F2N3S.C7H4BrN/c1-23-16-2-4-17(5-3-16)26-9-6-14-12-15(13-24-18(14)26)19(27)25-10-7-20(21,22)8-11-25;2*14-13(15)2-5-18(6-3-13)12(19)10-7-9-1-4-16-11(9)17-8-10;8-7-3-1-6(5-9)2-4-7/h2-6,9,12-13H,7-8,10-11H2;2*1,4,7-8H,2-3,5-6H2,(H,16,17);1-4H. The molecule has 21 heteroatoms. The maximum Gasteiger partial charge on any atom is 0.255 e. The Balaban J connectivity index is 0.000000139. The van der Waals surface area contributed by atoms with E-state index in [9.17, 15) is 31.1 Å². The molecule has 0 aliphatic carbocycles. The summed E-state index contributed by atoms with van der Waals surface area (Å²) in [6, 6.07) is 27.8. The van der Waals surface area contributed by atoms with E-state index in [1.54, 1.807) is 48.9 Å². The number of carbonyl (C=O) groups is 1. The average molecular weight is 1110 g/mol. The quantitative estimate of drug-likeness (QED) is 0.100. The molecule has 9 heterocycles. The topological polar surface area (TPSA) is 130 Å². The normalized spacial score (nSPS) is 16.6. The molecule has 74 heavy (non-hydrogen) atoms. The van der Waals surface area contributed by atoms with Crippen LogP contribution in [0.5, 0.6) is 0 Å². The van der Waals surface area contributed by atoms with Gasteiger partial charge in [0.2, 0.25) is 0 Å². The fourth-order valence-corrected chi connectivity index (χ4v) is 9.19. The van der Waals surface area contributed by atoms with Crippen LogP contribution in [0.1, 0.15) is 65.6 Å². The van der Waals surface area contributed by atoms with Gasteiger partial charge in [-0.15, -0.1) is 0 Å². The lowest BCUT2D eigenvalue weighted by Gasteiger charge is -2.33. The molecule has 6 aromatic heterocycles. The summed E-state index contributed by atoms with van der Waals surface area (Å²) in [5.41, 5.74) is 6.51. The van der Waals surface area contributed by atoms with Crippen molar-refractivity contribution >= 4 is 95.0 Å². The molecule has 3 fully saturated rings. The van der Waals surface area contributed by atoms with Gasteiger partial charge in [-0.05, 0) is 72.8 Å². The number of hydrogen-bond acceptors (Lipinski definition) is 7. The highest BCUT2D eigenvalue weighted by molar-refractivity contribution is 9.10. The van der Waals surface area contributed by atoms with Gasteiger partial charge in [0.1, 0.15) is 26.9 Å². The van der Waals surface area contributed by atoms with Crippen molar-refractivity contribution in [1.82, 2.24) is 44.2 Å². The number of pyridine rings is 3. The van der Waals surface area contributed by atoms with Gasteiger partial charge in [-0.3, -0.25) is 4.79 Å². The van der Waals surface area contributed by atoms with Gasteiger partial charge in [-0.25, -0.2) is 46.1 Å². The van der Waals surface area contributed by atoms with Gasteiger partial charge in [-0.1, -0.05) is 52.5 Å². The highest BCUT2D eigenvalue weighted by Crippen LogP contribution is 2.32. The first-order valence-corrected chi connectivity index (χ1v) is 25.0. The van der Waals surface area contributed by atoms with Gasteiger partial charge in [-0.2, -0.15) is 5.26 Å². The van der Waals surface area contributed by atoms with Crippen molar-refractivity contribution in [2.75, 3.05) is 39.3 Å². The van der Waals surface area contributed by atoms with E-state index < -0.39 is 17.8 Å². The van der Waals surface area contributed by atoms with Crippen molar-refractivity contribution < 1.29 is 31.1 Å². The molecular weight excluding hydrogens is 1060 g/mol. The fraction of sp³-hybridized carbons (Fsp3) is 0.283. The maximum atomic E-state index is 13.4. The Labute approximate surface area is 441 Å².